The van der Waals surface area contributed by atoms with Crippen LogP contribution in [0.4, 0.5) is 0 Å². The number of nitrogens with zero attached hydrogens (tertiary/aromatic N) is 1. The van der Waals surface area contributed by atoms with Gasteiger partial charge in [0.2, 0.25) is 0 Å². The molecule has 1 aromatic rings. The van der Waals surface area contributed by atoms with Crippen LogP contribution in [0.3, 0.4) is 0 Å². The number of rotatable bonds is 7. The number of amides is 3. The minimum absolute atomic E-state index is 0.208. The third-order valence-electron chi connectivity index (χ3n) is 3.98. The average Bonchev–Trinajstić information content (AvgIpc) is 2.76. The van der Waals surface area contributed by atoms with Gasteiger partial charge in [-0.2, -0.15) is 0 Å². The molecule has 0 aromatic heterocycles. The van der Waals surface area contributed by atoms with Gasteiger partial charge in [-0.3, -0.25) is 19.3 Å². The fourth-order valence-corrected chi connectivity index (χ4v) is 2.53. The van der Waals surface area contributed by atoms with Crippen molar-refractivity contribution in [3.8, 4) is 0 Å². The molecule has 1 N–H and O–H groups in total. The third kappa shape index (κ3) is 3.78. The second-order valence-corrected chi connectivity index (χ2v) is 6.31. The number of unbranched alkanes of at least 4 members (excludes halogenated alkanes) is 1. The molecular formula is C18H24N2O3. The lowest BCUT2D eigenvalue weighted by molar-refractivity contribution is 0.0652. The van der Waals surface area contributed by atoms with Crippen molar-refractivity contribution in [1.82, 2.24) is 10.2 Å². The van der Waals surface area contributed by atoms with Crippen LogP contribution in [0.15, 0.2) is 18.2 Å². The Kier molecular flexibility index (Phi) is 5.53. The summed E-state index contributed by atoms with van der Waals surface area (Å²) in [6.07, 6.45) is 2.60. The van der Waals surface area contributed by atoms with Crippen LogP contribution in [0.2, 0.25) is 0 Å². The van der Waals surface area contributed by atoms with E-state index in [9.17, 15) is 14.4 Å². The monoisotopic (exact) mass is 316 g/mol. The highest BCUT2D eigenvalue weighted by molar-refractivity contribution is 6.22. The summed E-state index contributed by atoms with van der Waals surface area (Å²) in [5, 5.41) is 2.84. The molecule has 0 saturated carbocycles. The Morgan fingerprint density at radius 2 is 1.87 bits per heavy atom. The number of fused-ring (bicyclic) bond motifs is 1. The van der Waals surface area contributed by atoms with Crippen LogP contribution in [0, 0.1) is 5.92 Å². The Labute approximate surface area is 137 Å². The second-order valence-electron chi connectivity index (χ2n) is 6.31. The van der Waals surface area contributed by atoms with Crippen LogP contribution in [0.5, 0.6) is 0 Å². The van der Waals surface area contributed by atoms with E-state index in [0.717, 1.165) is 19.3 Å². The average molecular weight is 316 g/mol. The molecule has 5 nitrogen and oxygen atoms in total. The molecule has 3 amide bonds. The van der Waals surface area contributed by atoms with Gasteiger partial charge < -0.3 is 5.32 Å². The van der Waals surface area contributed by atoms with E-state index < -0.39 is 0 Å². The molecule has 0 radical (unpaired) electrons. The van der Waals surface area contributed by atoms with Crippen LogP contribution in [0.25, 0.3) is 0 Å². The molecule has 0 bridgehead atoms. The number of carbonyl (C=O) groups excluding carboxylic acids is 3. The highest BCUT2D eigenvalue weighted by Gasteiger charge is 2.35. The summed E-state index contributed by atoms with van der Waals surface area (Å²) in [4.78, 5) is 38.0. The van der Waals surface area contributed by atoms with Gasteiger partial charge in [-0.25, -0.2) is 0 Å². The number of hydrogen-bond donors (Lipinski definition) is 1. The summed E-state index contributed by atoms with van der Waals surface area (Å²) in [6, 6.07) is 4.73. The molecule has 2 rings (SSSR count). The molecule has 0 unspecified atom stereocenters. The van der Waals surface area contributed by atoms with Gasteiger partial charge in [0.1, 0.15) is 0 Å². The van der Waals surface area contributed by atoms with Gasteiger partial charge >= 0.3 is 0 Å². The van der Waals surface area contributed by atoms with E-state index in [4.69, 9.17) is 0 Å². The molecule has 23 heavy (non-hydrogen) atoms. The topological polar surface area (TPSA) is 66.5 Å². The maximum absolute atomic E-state index is 12.4. The Morgan fingerprint density at radius 3 is 2.52 bits per heavy atom. The normalized spacial score (nSPS) is 13.7. The Hall–Kier alpha value is -2.17. The van der Waals surface area contributed by atoms with Crippen molar-refractivity contribution in [3.63, 3.8) is 0 Å². The van der Waals surface area contributed by atoms with Gasteiger partial charge in [-0.15, -0.1) is 0 Å². The van der Waals surface area contributed by atoms with Crippen molar-refractivity contribution in [2.75, 3.05) is 13.1 Å². The fourth-order valence-electron chi connectivity index (χ4n) is 2.53. The van der Waals surface area contributed by atoms with Gasteiger partial charge in [0.25, 0.3) is 17.7 Å². The summed E-state index contributed by atoms with van der Waals surface area (Å²) in [6.45, 7) is 7.23. The lowest BCUT2D eigenvalue weighted by Gasteiger charge is -2.12. The second kappa shape index (κ2) is 7.40. The Balaban J connectivity index is 2.12. The summed E-state index contributed by atoms with van der Waals surface area (Å²) < 4.78 is 0. The van der Waals surface area contributed by atoms with E-state index in [-0.39, 0.29) is 17.7 Å². The number of nitrogens with one attached hydrogen (secondary N) is 1. The molecule has 0 aliphatic carbocycles. The zero-order valence-corrected chi connectivity index (χ0v) is 14.0. The Morgan fingerprint density at radius 1 is 1.17 bits per heavy atom. The van der Waals surface area contributed by atoms with E-state index in [1.165, 1.54) is 11.0 Å². The van der Waals surface area contributed by atoms with Crippen molar-refractivity contribution in [3.05, 3.63) is 34.9 Å². The van der Waals surface area contributed by atoms with Gasteiger partial charge in [0, 0.05) is 18.7 Å². The van der Waals surface area contributed by atoms with E-state index in [1.807, 2.05) is 6.92 Å². The first kappa shape index (κ1) is 17.2. The minimum atomic E-state index is -0.296. The summed E-state index contributed by atoms with van der Waals surface area (Å²) in [5.41, 5.74) is 1.15. The number of benzene rings is 1. The van der Waals surface area contributed by atoms with Crippen LogP contribution >= 0.6 is 0 Å². The summed E-state index contributed by atoms with van der Waals surface area (Å²) >= 11 is 0. The molecule has 5 heteroatoms. The zero-order chi connectivity index (χ0) is 17.0. The highest BCUT2D eigenvalue weighted by atomic mass is 16.2. The van der Waals surface area contributed by atoms with Crippen LogP contribution in [0.1, 0.15) is 71.1 Å². The predicted octanol–water partition coefficient (Wildman–Crippen LogP) is 2.86. The molecule has 0 saturated heterocycles. The highest BCUT2D eigenvalue weighted by Crippen LogP contribution is 2.24. The Bertz CT molecular complexity index is 623. The van der Waals surface area contributed by atoms with Crippen LogP contribution < -0.4 is 5.32 Å². The first-order chi connectivity index (χ1) is 11.0. The molecule has 0 spiro atoms. The molecule has 1 aromatic carbocycles. The van der Waals surface area contributed by atoms with Crippen molar-refractivity contribution in [2.24, 2.45) is 5.92 Å². The summed E-state index contributed by atoms with van der Waals surface area (Å²) in [7, 11) is 0. The van der Waals surface area contributed by atoms with Gasteiger partial charge in [0.05, 0.1) is 11.1 Å². The van der Waals surface area contributed by atoms with Gasteiger partial charge in [-0.05, 0) is 37.0 Å². The molecule has 0 atom stereocenters. The van der Waals surface area contributed by atoms with E-state index >= 15 is 0 Å². The first-order valence-corrected chi connectivity index (χ1v) is 8.24. The molecular weight excluding hydrogens is 292 g/mol. The molecule has 124 valence electrons. The van der Waals surface area contributed by atoms with E-state index in [1.54, 1.807) is 12.1 Å². The largest absolute Gasteiger partial charge is 0.352 e. The number of carbonyl (C=O) groups is 3. The smallest absolute Gasteiger partial charge is 0.261 e. The molecule has 1 aliphatic heterocycles. The maximum Gasteiger partial charge on any atom is 0.261 e. The lowest BCUT2D eigenvalue weighted by Crippen LogP contribution is -2.30. The standard InChI is InChI=1S/C18H24N2O3/c1-4-5-10-20-17(22)14-7-6-13(11-15(14)18(20)23)16(21)19-9-8-12(2)3/h6-7,11-12H,4-5,8-10H2,1-3H3,(H,19,21). The van der Waals surface area contributed by atoms with E-state index in [2.05, 4.69) is 19.2 Å². The van der Waals surface area contributed by atoms with E-state index in [0.29, 0.717) is 35.7 Å². The van der Waals surface area contributed by atoms with Gasteiger partial charge in [-0.1, -0.05) is 27.2 Å². The first-order valence-electron chi connectivity index (χ1n) is 8.24. The zero-order valence-electron chi connectivity index (χ0n) is 14.0. The maximum atomic E-state index is 12.4. The predicted molar refractivity (Wildman–Crippen MR) is 88.5 cm³/mol. The number of hydrogen-bond acceptors (Lipinski definition) is 3. The minimum Gasteiger partial charge on any atom is -0.352 e. The molecule has 1 aliphatic rings. The molecule has 0 fully saturated rings. The third-order valence-corrected chi connectivity index (χ3v) is 3.98. The number of imide groups is 1. The van der Waals surface area contributed by atoms with Crippen molar-refractivity contribution < 1.29 is 14.4 Å². The van der Waals surface area contributed by atoms with Crippen molar-refractivity contribution in [1.29, 1.82) is 0 Å². The van der Waals surface area contributed by atoms with Crippen LogP contribution in [-0.2, 0) is 0 Å². The molecule has 1 heterocycles. The SMILES string of the molecule is CCCCN1C(=O)c2ccc(C(=O)NCCC(C)C)cc2C1=O. The van der Waals surface area contributed by atoms with Gasteiger partial charge in [0.15, 0.2) is 0 Å². The summed E-state index contributed by atoms with van der Waals surface area (Å²) in [5.74, 6) is -0.247. The quantitative estimate of drug-likeness (QED) is 0.787. The lowest BCUT2D eigenvalue weighted by atomic mass is 10.1. The van der Waals surface area contributed by atoms with Crippen molar-refractivity contribution in [2.45, 2.75) is 40.0 Å². The van der Waals surface area contributed by atoms with Crippen molar-refractivity contribution >= 4 is 17.7 Å². The fraction of sp³-hybridized carbons (Fsp3) is 0.500. The van der Waals surface area contributed by atoms with Crippen LogP contribution in [-0.4, -0.2) is 35.7 Å².